The van der Waals surface area contributed by atoms with E-state index in [0.717, 1.165) is 22.3 Å². The SMILES string of the molecule is O=C(NCC(O)C(O)c1ccn[nH]1)OCC1c2ccccc2-c2ccccc21. The van der Waals surface area contributed by atoms with Gasteiger partial charge < -0.3 is 20.3 Å². The minimum atomic E-state index is -1.18. The second kappa shape index (κ2) is 7.84. The lowest BCUT2D eigenvalue weighted by molar-refractivity contribution is 0.0160. The molecule has 0 saturated heterocycles. The summed E-state index contributed by atoms with van der Waals surface area (Å²) in [5.41, 5.74) is 4.95. The van der Waals surface area contributed by atoms with Crippen molar-refractivity contribution in [2.24, 2.45) is 0 Å². The van der Waals surface area contributed by atoms with E-state index in [2.05, 4.69) is 27.6 Å². The predicted molar refractivity (Wildman–Crippen MR) is 103 cm³/mol. The number of aromatic amines is 1. The zero-order valence-electron chi connectivity index (χ0n) is 15.1. The molecule has 3 aromatic rings. The van der Waals surface area contributed by atoms with Crippen LogP contribution in [-0.4, -0.2) is 45.8 Å². The van der Waals surface area contributed by atoms with Crippen LogP contribution in [0.1, 0.15) is 28.8 Å². The van der Waals surface area contributed by atoms with Gasteiger partial charge in [0.15, 0.2) is 0 Å². The summed E-state index contributed by atoms with van der Waals surface area (Å²) in [6.45, 7) is 0.0515. The second-order valence-corrected chi connectivity index (χ2v) is 6.73. The number of aromatic nitrogens is 2. The van der Waals surface area contributed by atoms with Gasteiger partial charge in [0.1, 0.15) is 18.8 Å². The van der Waals surface area contributed by atoms with Gasteiger partial charge in [-0.1, -0.05) is 48.5 Å². The summed E-state index contributed by atoms with van der Waals surface area (Å²) in [7, 11) is 0. The summed E-state index contributed by atoms with van der Waals surface area (Å²) in [5.74, 6) is -0.0290. The summed E-state index contributed by atoms with van der Waals surface area (Å²) in [4.78, 5) is 12.1. The van der Waals surface area contributed by atoms with Crippen molar-refractivity contribution in [3.63, 3.8) is 0 Å². The zero-order chi connectivity index (χ0) is 19.5. The molecule has 144 valence electrons. The van der Waals surface area contributed by atoms with Gasteiger partial charge in [0, 0.05) is 18.7 Å². The highest BCUT2D eigenvalue weighted by molar-refractivity contribution is 5.79. The first kappa shape index (κ1) is 18.2. The highest BCUT2D eigenvalue weighted by Crippen LogP contribution is 2.44. The molecule has 7 heteroatoms. The zero-order valence-corrected chi connectivity index (χ0v) is 15.1. The van der Waals surface area contributed by atoms with E-state index in [1.165, 1.54) is 6.20 Å². The molecule has 1 aromatic heterocycles. The molecule has 1 heterocycles. The van der Waals surface area contributed by atoms with Crippen molar-refractivity contribution >= 4 is 6.09 Å². The molecular weight excluding hydrogens is 358 g/mol. The molecule has 0 bridgehead atoms. The smallest absolute Gasteiger partial charge is 0.407 e. The third-order valence-electron chi connectivity index (χ3n) is 5.00. The number of carbonyl (C=O) groups is 1. The first-order valence-corrected chi connectivity index (χ1v) is 9.09. The van der Waals surface area contributed by atoms with Crippen molar-refractivity contribution in [3.05, 3.63) is 77.6 Å². The predicted octanol–water partition coefficient (Wildman–Crippen LogP) is 2.34. The Morgan fingerprint density at radius 1 is 1.07 bits per heavy atom. The Morgan fingerprint density at radius 3 is 2.32 bits per heavy atom. The number of fused-ring (bicyclic) bond motifs is 3. The van der Waals surface area contributed by atoms with Crippen LogP contribution < -0.4 is 5.32 Å². The molecule has 1 aliphatic rings. The molecule has 0 fully saturated rings. The molecule has 2 atom stereocenters. The topological polar surface area (TPSA) is 107 Å². The largest absolute Gasteiger partial charge is 0.449 e. The standard InChI is InChI=1S/C21H21N3O4/c25-19(20(26)18-9-10-23-24-18)11-22-21(27)28-12-17-15-7-3-1-5-13(15)14-6-2-4-8-16(14)17/h1-10,17,19-20,25-26H,11-12H2,(H,22,27)(H,23,24). The van der Waals surface area contributed by atoms with Gasteiger partial charge in [-0.25, -0.2) is 4.79 Å². The molecule has 0 radical (unpaired) electrons. The fourth-order valence-electron chi connectivity index (χ4n) is 3.59. The van der Waals surface area contributed by atoms with Gasteiger partial charge in [-0.3, -0.25) is 5.10 Å². The first-order valence-electron chi connectivity index (χ1n) is 9.09. The number of benzene rings is 2. The molecular formula is C21H21N3O4. The Labute approximate surface area is 162 Å². The number of aliphatic hydroxyl groups is 2. The number of hydrogen-bond acceptors (Lipinski definition) is 5. The molecule has 7 nitrogen and oxygen atoms in total. The third kappa shape index (κ3) is 3.49. The highest BCUT2D eigenvalue weighted by atomic mass is 16.5. The van der Waals surface area contributed by atoms with Crippen LogP contribution in [0.25, 0.3) is 11.1 Å². The van der Waals surface area contributed by atoms with Crippen molar-refractivity contribution in [1.82, 2.24) is 15.5 Å². The molecule has 4 rings (SSSR count). The molecule has 28 heavy (non-hydrogen) atoms. The van der Waals surface area contributed by atoms with Gasteiger partial charge in [-0.2, -0.15) is 5.10 Å². The van der Waals surface area contributed by atoms with Crippen LogP contribution in [0.3, 0.4) is 0 Å². The quantitative estimate of drug-likeness (QED) is 0.526. The van der Waals surface area contributed by atoms with Gasteiger partial charge in [0.2, 0.25) is 0 Å². The maximum absolute atomic E-state index is 12.1. The number of nitrogens with zero attached hydrogens (tertiary/aromatic N) is 1. The van der Waals surface area contributed by atoms with E-state index in [4.69, 9.17) is 4.74 Å². The average Bonchev–Trinajstić information content (AvgIpc) is 3.37. The van der Waals surface area contributed by atoms with Gasteiger partial charge >= 0.3 is 6.09 Å². The molecule has 4 N–H and O–H groups in total. The normalized spacial score (nSPS) is 14.8. The van der Waals surface area contributed by atoms with Crippen molar-refractivity contribution in [2.75, 3.05) is 13.2 Å². The maximum atomic E-state index is 12.1. The van der Waals surface area contributed by atoms with E-state index in [1.807, 2.05) is 36.4 Å². The molecule has 2 unspecified atom stereocenters. The average molecular weight is 379 g/mol. The Bertz CT molecular complexity index is 912. The van der Waals surface area contributed by atoms with Crippen LogP contribution in [0.5, 0.6) is 0 Å². The maximum Gasteiger partial charge on any atom is 0.407 e. The summed E-state index contributed by atoms with van der Waals surface area (Å²) < 4.78 is 5.40. The van der Waals surface area contributed by atoms with E-state index in [1.54, 1.807) is 6.07 Å². The summed E-state index contributed by atoms with van der Waals surface area (Å²) >= 11 is 0. The van der Waals surface area contributed by atoms with Crippen LogP contribution >= 0.6 is 0 Å². The molecule has 0 aliphatic heterocycles. The summed E-state index contributed by atoms with van der Waals surface area (Å²) in [6.07, 6.45) is -1.51. The molecule has 1 aliphatic carbocycles. The summed E-state index contributed by atoms with van der Waals surface area (Å²) in [6, 6.07) is 17.7. The first-order chi connectivity index (χ1) is 13.6. The van der Waals surface area contributed by atoms with Crippen LogP contribution in [0.4, 0.5) is 4.79 Å². The Kier molecular flexibility index (Phi) is 5.10. The highest BCUT2D eigenvalue weighted by Gasteiger charge is 2.29. The molecule has 0 spiro atoms. The molecule has 1 amide bonds. The number of rotatable bonds is 6. The van der Waals surface area contributed by atoms with E-state index >= 15 is 0 Å². The Hall–Kier alpha value is -3.16. The number of nitrogens with one attached hydrogen (secondary N) is 2. The van der Waals surface area contributed by atoms with E-state index in [-0.39, 0.29) is 19.1 Å². The van der Waals surface area contributed by atoms with Crippen LogP contribution in [0, 0.1) is 0 Å². The Balaban J connectivity index is 1.35. The fraction of sp³-hybridized carbons (Fsp3) is 0.238. The van der Waals surface area contributed by atoms with Crippen molar-refractivity contribution in [2.45, 2.75) is 18.1 Å². The number of aliphatic hydroxyl groups excluding tert-OH is 2. The van der Waals surface area contributed by atoms with E-state index < -0.39 is 18.3 Å². The van der Waals surface area contributed by atoms with E-state index in [9.17, 15) is 15.0 Å². The van der Waals surface area contributed by atoms with Crippen LogP contribution in [-0.2, 0) is 4.74 Å². The number of H-pyrrole nitrogens is 1. The van der Waals surface area contributed by atoms with Crippen molar-refractivity contribution in [1.29, 1.82) is 0 Å². The Morgan fingerprint density at radius 2 is 1.71 bits per heavy atom. The monoisotopic (exact) mass is 379 g/mol. The van der Waals surface area contributed by atoms with Crippen LogP contribution in [0.15, 0.2) is 60.8 Å². The number of hydrogen-bond donors (Lipinski definition) is 4. The van der Waals surface area contributed by atoms with Gasteiger partial charge in [0.25, 0.3) is 0 Å². The minimum absolute atomic E-state index is 0.0290. The molecule has 2 aromatic carbocycles. The number of ether oxygens (including phenoxy) is 1. The fourth-order valence-corrected chi connectivity index (χ4v) is 3.59. The second-order valence-electron chi connectivity index (χ2n) is 6.73. The van der Waals surface area contributed by atoms with Crippen molar-refractivity contribution < 1.29 is 19.7 Å². The number of carbonyl (C=O) groups excluding carboxylic acids is 1. The van der Waals surface area contributed by atoms with Crippen molar-refractivity contribution in [3.8, 4) is 11.1 Å². The lowest BCUT2D eigenvalue weighted by Crippen LogP contribution is -2.36. The van der Waals surface area contributed by atoms with Gasteiger partial charge in [-0.05, 0) is 28.3 Å². The van der Waals surface area contributed by atoms with Gasteiger partial charge in [-0.15, -0.1) is 0 Å². The van der Waals surface area contributed by atoms with Crippen LogP contribution in [0.2, 0.25) is 0 Å². The lowest BCUT2D eigenvalue weighted by atomic mass is 9.98. The van der Waals surface area contributed by atoms with E-state index in [0.29, 0.717) is 5.69 Å². The minimum Gasteiger partial charge on any atom is -0.449 e. The number of alkyl carbamates (subject to hydrolysis) is 1. The van der Waals surface area contributed by atoms with Gasteiger partial charge in [0.05, 0.1) is 5.69 Å². The number of amides is 1. The lowest BCUT2D eigenvalue weighted by Gasteiger charge is -2.18. The third-order valence-corrected chi connectivity index (χ3v) is 5.00. The molecule has 0 saturated carbocycles. The summed E-state index contributed by atoms with van der Waals surface area (Å²) in [5, 5.41) is 28.8.